The van der Waals surface area contributed by atoms with Crippen molar-refractivity contribution in [2.24, 2.45) is 12.5 Å². The minimum absolute atomic E-state index is 0.524. The summed E-state index contributed by atoms with van der Waals surface area (Å²) in [5, 5.41) is 13.4. The van der Waals surface area contributed by atoms with Crippen molar-refractivity contribution in [3.8, 4) is 0 Å². The van der Waals surface area contributed by atoms with Gasteiger partial charge in [0.15, 0.2) is 0 Å². The predicted octanol–water partition coefficient (Wildman–Crippen LogP) is 1.77. The van der Waals surface area contributed by atoms with Crippen LogP contribution in [0, 0.1) is 12.3 Å². The second-order valence-corrected chi connectivity index (χ2v) is 4.30. The van der Waals surface area contributed by atoms with E-state index in [0.717, 1.165) is 11.4 Å². The number of carboxylic acid groups (broad SMARTS) is 1. The lowest BCUT2D eigenvalue weighted by atomic mass is 9.83. The molecule has 0 aromatic carbocycles. The van der Waals surface area contributed by atoms with E-state index in [-0.39, 0.29) is 0 Å². The second-order valence-electron chi connectivity index (χ2n) is 4.30. The number of aryl methyl sites for hydroxylation is 2. The van der Waals surface area contributed by atoms with Crippen LogP contribution in [-0.2, 0) is 18.3 Å². The highest BCUT2D eigenvalue weighted by Crippen LogP contribution is 2.26. The van der Waals surface area contributed by atoms with E-state index in [2.05, 4.69) is 5.10 Å². The number of aromatic nitrogens is 2. The van der Waals surface area contributed by atoms with Gasteiger partial charge in [0.05, 0.1) is 11.1 Å². The van der Waals surface area contributed by atoms with Gasteiger partial charge in [0.2, 0.25) is 0 Å². The Bertz CT molecular complexity index is 371. The van der Waals surface area contributed by atoms with Gasteiger partial charge in [-0.05, 0) is 26.3 Å². The number of hydrogen-bond acceptors (Lipinski definition) is 2. The molecule has 0 spiro atoms. The molecular weight excluding hydrogens is 192 g/mol. The number of carbonyl (C=O) groups is 1. The smallest absolute Gasteiger partial charge is 0.309 e. The largest absolute Gasteiger partial charge is 0.481 e. The van der Waals surface area contributed by atoms with E-state index < -0.39 is 11.4 Å². The minimum atomic E-state index is -0.746. The first-order valence-corrected chi connectivity index (χ1v) is 5.12. The maximum atomic E-state index is 11.1. The molecule has 1 heterocycles. The van der Waals surface area contributed by atoms with Crippen molar-refractivity contribution in [2.45, 2.75) is 33.6 Å². The van der Waals surface area contributed by atoms with Crippen LogP contribution in [0.4, 0.5) is 0 Å². The average Bonchev–Trinajstić information content (AvgIpc) is 2.44. The fourth-order valence-electron chi connectivity index (χ4n) is 1.58. The normalized spacial score (nSPS) is 14.9. The lowest BCUT2D eigenvalue weighted by Crippen LogP contribution is -2.30. The molecule has 1 aromatic rings. The van der Waals surface area contributed by atoms with Crippen molar-refractivity contribution in [1.82, 2.24) is 9.78 Å². The Hall–Kier alpha value is -1.32. The Balaban J connectivity index is 2.93. The van der Waals surface area contributed by atoms with E-state index >= 15 is 0 Å². The van der Waals surface area contributed by atoms with Gasteiger partial charge in [-0.25, -0.2) is 0 Å². The fourth-order valence-corrected chi connectivity index (χ4v) is 1.58. The molecule has 1 rings (SSSR count). The summed E-state index contributed by atoms with van der Waals surface area (Å²) in [6, 6.07) is 1.94. The molecule has 0 saturated carbocycles. The van der Waals surface area contributed by atoms with Gasteiger partial charge in [-0.2, -0.15) is 5.10 Å². The predicted molar refractivity (Wildman–Crippen MR) is 57.7 cm³/mol. The van der Waals surface area contributed by atoms with Crippen LogP contribution in [0.5, 0.6) is 0 Å². The monoisotopic (exact) mass is 210 g/mol. The summed E-state index contributed by atoms with van der Waals surface area (Å²) >= 11 is 0. The number of hydrogen-bond donors (Lipinski definition) is 1. The second kappa shape index (κ2) is 4.04. The molecule has 0 aliphatic carbocycles. The van der Waals surface area contributed by atoms with Crippen molar-refractivity contribution in [3.05, 3.63) is 17.5 Å². The van der Waals surface area contributed by atoms with Gasteiger partial charge in [0, 0.05) is 19.2 Å². The number of nitrogens with zero attached hydrogens (tertiary/aromatic N) is 2. The summed E-state index contributed by atoms with van der Waals surface area (Å²) < 4.78 is 1.76. The molecule has 0 fully saturated rings. The third kappa shape index (κ3) is 2.37. The SMILES string of the molecule is CCC(C)(Cc1cc(C)nn1C)C(=O)O. The Morgan fingerprint density at radius 1 is 1.67 bits per heavy atom. The highest BCUT2D eigenvalue weighted by atomic mass is 16.4. The minimum Gasteiger partial charge on any atom is -0.481 e. The van der Waals surface area contributed by atoms with Crippen molar-refractivity contribution in [2.75, 3.05) is 0 Å². The highest BCUT2D eigenvalue weighted by Gasteiger charge is 2.32. The molecule has 15 heavy (non-hydrogen) atoms. The van der Waals surface area contributed by atoms with Crippen molar-refractivity contribution in [3.63, 3.8) is 0 Å². The molecule has 1 N–H and O–H groups in total. The molecule has 0 saturated heterocycles. The average molecular weight is 210 g/mol. The van der Waals surface area contributed by atoms with Gasteiger partial charge < -0.3 is 5.11 Å². The third-order valence-electron chi connectivity index (χ3n) is 2.97. The van der Waals surface area contributed by atoms with E-state index in [9.17, 15) is 4.79 Å². The molecular formula is C11H18N2O2. The lowest BCUT2D eigenvalue weighted by molar-refractivity contribution is -0.148. The molecule has 1 atom stereocenters. The number of aliphatic carboxylic acids is 1. The summed E-state index contributed by atoms with van der Waals surface area (Å²) in [4.78, 5) is 11.1. The summed E-state index contributed by atoms with van der Waals surface area (Å²) in [7, 11) is 1.85. The molecule has 1 aromatic heterocycles. The van der Waals surface area contributed by atoms with Gasteiger partial charge in [0.1, 0.15) is 0 Å². The molecule has 0 aliphatic heterocycles. The van der Waals surface area contributed by atoms with Crippen LogP contribution < -0.4 is 0 Å². The van der Waals surface area contributed by atoms with Crippen molar-refractivity contribution < 1.29 is 9.90 Å². The lowest BCUT2D eigenvalue weighted by Gasteiger charge is -2.22. The zero-order valence-electron chi connectivity index (χ0n) is 9.74. The summed E-state index contributed by atoms with van der Waals surface area (Å²) in [5.74, 6) is -0.746. The first-order valence-electron chi connectivity index (χ1n) is 5.12. The van der Waals surface area contributed by atoms with Crippen LogP contribution in [0.3, 0.4) is 0 Å². The highest BCUT2D eigenvalue weighted by molar-refractivity contribution is 5.74. The third-order valence-corrected chi connectivity index (χ3v) is 2.97. The molecule has 0 bridgehead atoms. The van der Waals surface area contributed by atoms with Crippen LogP contribution in [0.15, 0.2) is 6.07 Å². The van der Waals surface area contributed by atoms with Gasteiger partial charge in [-0.3, -0.25) is 9.48 Å². The van der Waals surface area contributed by atoms with Gasteiger partial charge in [-0.1, -0.05) is 6.92 Å². The van der Waals surface area contributed by atoms with Crippen molar-refractivity contribution >= 4 is 5.97 Å². The van der Waals surface area contributed by atoms with Crippen LogP contribution >= 0.6 is 0 Å². The maximum Gasteiger partial charge on any atom is 0.309 e. The Kier molecular flexibility index (Phi) is 3.17. The summed E-state index contributed by atoms with van der Waals surface area (Å²) in [6.45, 7) is 5.59. The van der Waals surface area contributed by atoms with Crippen molar-refractivity contribution in [1.29, 1.82) is 0 Å². The Morgan fingerprint density at radius 3 is 2.60 bits per heavy atom. The van der Waals surface area contributed by atoms with Gasteiger partial charge in [-0.15, -0.1) is 0 Å². The topological polar surface area (TPSA) is 55.1 Å². The summed E-state index contributed by atoms with van der Waals surface area (Å²) in [5.41, 5.74) is 1.20. The molecule has 84 valence electrons. The van der Waals surface area contributed by atoms with Gasteiger partial charge in [0.25, 0.3) is 0 Å². The first-order chi connectivity index (χ1) is 6.89. The zero-order chi connectivity index (χ0) is 11.6. The molecule has 4 heteroatoms. The van der Waals surface area contributed by atoms with E-state index in [1.807, 2.05) is 27.0 Å². The van der Waals surface area contributed by atoms with E-state index in [4.69, 9.17) is 5.11 Å². The van der Waals surface area contributed by atoms with E-state index in [0.29, 0.717) is 12.8 Å². The summed E-state index contributed by atoms with van der Waals surface area (Å²) in [6.07, 6.45) is 1.14. The quantitative estimate of drug-likeness (QED) is 0.824. The van der Waals surface area contributed by atoms with Crippen LogP contribution in [0.1, 0.15) is 31.7 Å². The van der Waals surface area contributed by atoms with Crippen LogP contribution in [0.2, 0.25) is 0 Å². The zero-order valence-corrected chi connectivity index (χ0v) is 9.74. The van der Waals surface area contributed by atoms with Gasteiger partial charge >= 0.3 is 5.97 Å². The van der Waals surface area contributed by atoms with Crippen LogP contribution in [0.25, 0.3) is 0 Å². The molecule has 0 radical (unpaired) electrons. The molecule has 0 amide bonds. The Morgan fingerprint density at radius 2 is 2.27 bits per heavy atom. The van der Waals surface area contributed by atoms with E-state index in [1.54, 1.807) is 11.6 Å². The maximum absolute atomic E-state index is 11.1. The molecule has 1 unspecified atom stereocenters. The van der Waals surface area contributed by atoms with E-state index in [1.165, 1.54) is 0 Å². The Labute approximate surface area is 89.9 Å². The number of rotatable bonds is 4. The standard InChI is InChI=1S/C11H18N2O2/c1-5-11(3,10(14)15)7-9-6-8(2)12-13(9)4/h6H,5,7H2,1-4H3,(H,14,15). The van der Waals surface area contributed by atoms with Crippen LogP contribution in [-0.4, -0.2) is 20.9 Å². The first kappa shape index (κ1) is 11.8. The molecule has 4 nitrogen and oxygen atoms in total. The number of carboxylic acids is 1. The fraction of sp³-hybridized carbons (Fsp3) is 0.636. The molecule has 0 aliphatic rings.